The van der Waals surface area contributed by atoms with E-state index in [0.29, 0.717) is 36.1 Å². The van der Waals surface area contributed by atoms with E-state index in [1.807, 2.05) is 39.0 Å². The average molecular weight is 453 g/mol. The minimum absolute atomic E-state index is 0.0808. The van der Waals surface area contributed by atoms with Crippen LogP contribution in [0, 0.1) is 26.7 Å². The van der Waals surface area contributed by atoms with Crippen molar-refractivity contribution in [1.29, 1.82) is 0 Å². The summed E-state index contributed by atoms with van der Waals surface area (Å²) in [6.07, 6.45) is 2.53. The van der Waals surface area contributed by atoms with Crippen molar-refractivity contribution in [2.75, 3.05) is 38.8 Å². The van der Waals surface area contributed by atoms with E-state index in [-0.39, 0.29) is 11.8 Å². The van der Waals surface area contributed by atoms with Crippen molar-refractivity contribution in [2.24, 2.45) is 5.92 Å². The summed E-state index contributed by atoms with van der Waals surface area (Å²) in [5.74, 6) is 3.80. The molecule has 1 aliphatic heterocycles. The highest BCUT2D eigenvalue weighted by atomic mass is 16.5. The Morgan fingerprint density at radius 1 is 1.18 bits per heavy atom. The first-order valence-electron chi connectivity index (χ1n) is 11.4. The van der Waals surface area contributed by atoms with Crippen LogP contribution in [0.3, 0.4) is 0 Å². The fourth-order valence-electron chi connectivity index (χ4n) is 4.46. The van der Waals surface area contributed by atoms with Crippen LogP contribution < -0.4 is 19.7 Å². The number of benzene rings is 1. The van der Waals surface area contributed by atoms with Crippen molar-refractivity contribution in [3.8, 4) is 11.5 Å². The van der Waals surface area contributed by atoms with Crippen molar-refractivity contribution < 1.29 is 18.7 Å². The molecule has 1 fully saturated rings. The van der Waals surface area contributed by atoms with Crippen LogP contribution in [0.5, 0.6) is 11.5 Å². The molecule has 0 aliphatic carbocycles. The van der Waals surface area contributed by atoms with Crippen molar-refractivity contribution in [2.45, 2.75) is 40.0 Å². The lowest BCUT2D eigenvalue weighted by atomic mass is 9.96. The van der Waals surface area contributed by atoms with Crippen LogP contribution >= 0.6 is 0 Å². The summed E-state index contributed by atoms with van der Waals surface area (Å²) in [6.45, 7) is 7.93. The summed E-state index contributed by atoms with van der Waals surface area (Å²) in [6, 6.07) is 5.83. The smallest absolute Gasteiger partial charge is 0.231 e. The minimum Gasteiger partial charge on any atom is -0.493 e. The molecule has 1 N–H and O–H groups in total. The second-order valence-corrected chi connectivity index (χ2v) is 8.57. The molecule has 1 aromatic carbocycles. The Labute approximate surface area is 194 Å². The van der Waals surface area contributed by atoms with E-state index in [2.05, 4.69) is 15.2 Å². The van der Waals surface area contributed by atoms with Gasteiger partial charge in [0.25, 0.3) is 0 Å². The number of amides is 1. The Balaban J connectivity index is 1.41. The second kappa shape index (κ2) is 9.68. The molecule has 3 aromatic rings. The molecular formula is C25H32N4O4. The van der Waals surface area contributed by atoms with Crippen molar-refractivity contribution in [3.63, 3.8) is 0 Å². The number of carbonyl (C=O) groups excluding carboxylic acids is 1. The van der Waals surface area contributed by atoms with Crippen molar-refractivity contribution in [1.82, 2.24) is 15.3 Å². The largest absolute Gasteiger partial charge is 0.493 e. The van der Waals surface area contributed by atoms with Gasteiger partial charge in [-0.3, -0.25) is 4.79 Å². The Bertz CT molecular complexity index is 1160. The normalized spacial score (nSPS) is 16.2. The molecule has 8 heteroatoms. The molecule has 176 valence electrons. The monoisotopic (exact) mass is 452 g/mol. The van der Waals surface area contributed by atoms with E-state index in [4.69, 9.17) is 18.9 Å². The zero-order chi connectivity index (χ0) is 23.5. The summed E-state index contributed by atoms with van der Waals surface area (Å²) in [4.78, 5) is 24.4. The highest BCUT2D eigenvalue weighted by Crippen LogP contribution is 2.33. The molecule has 1 aliphatic rings. The van der Waals surface area contributed by atoms with Crippen LogP contribution in [0.15, 0.2) is 22.6 Å². The first-order valence-corrected chi connectivity index (χ1v) is 11.4. The van der Waals surface area contributed by atoms with Crippen LogP contribution in [0.1, 0.15) is 35.6 Å². The average Bonchev–Trinajstić information content (AvgIpc) is 3.11. The van der Waals surface area contributed by atoms with Gasteiger partial charge in [0, 0.05) is 25.2 Å². The van der Waals surface area contributed by atoms with E-state index in [1.165, 1.54) is 0 Å². The molecule has 0 spiro atoms. The SMILES string of the molecule is COc1ccc(CCNC(=O)[C@H]2CCCN(c3nc(C)nc4oc(C)c(C)c34)C2)cc1OC. The first kappa shape index (κ1) is 22.9. The van der Waals surface area contributed by atoms with E-state index in [9.17, 15) is 4.79 Å². The fourth-order valence-corrected chi connectivity index (χ4v) is 4.46. The molecule has 0 radical (unpaired) electrons. The lowest BCUT2D eigenvalue weighted by Gasteiger charge is -2.33. The molecule has 4 rings (SSSR count). The molecule has 0 bridgehead atoms. The number of hydrogen-bond acceptors (Lipinski definition) is 7. The third-order valence-corrected chi connectivity index (χ3v) is 6.37. The molecule has 1 atom stereocenters. The van der Waals surface area contributed by atoms with E-state index < -0.39 is 0 Å². The highest BCUT2D eigenvalue weighted by molar-refractivity contribution is 5.90. The van der Waals surface area contributed by atoms with Gasteiger partial charge in [-0.15, -0.1) is 0 Å². The van der Waals surface area contributed by atoms with Gasteiger partial charge in [-0.1, -0.05) is 6.07 Å². The molecule has 1 amide bonds. The third-order valence-electron chi connectivity index (χ3n) is 6.37. The quantitative estimate of drug-likeness (QED) is 0.584. The maximum atomic E-state index is 13.0. The van der Waals surface area contributed by atoms with E-state index in [1.54, 1.807) is 14.2 Å². The van der Waals surface area contributed by atoms with Crippen LogP contribution in [0.2, 0.25) is 0 Å². The van der Waals surface area contributed by atoms with Gasteiger partial charge in [-0.2, -0.15) is 4.98 Å². The Kier molecular flexibility index (Phi) is 6.72. The van der Waals surface area contributed by atoms with E-state index in [0.717, 1.165) is 53.9 Å². The van der Waals surface area contributed by atoms with Crippen molar-refractivity contribution >= 4 is 22.8 Å². The second-order valence-electron chi connectivity index (χ2n) is 8.57. The number of nitrogens with zero attached hydrogens (tertiary/aromatic N) is 3. The van der Waals surface area contributed by atoms with Crippen LogP contribution in [-0.2, 0) is 11.2 Å². The number of rotatable bonds is 7. The number of carbonyl (C=O) groups is 1. The van der Waals surface area contributed by atoms with Gasteiger partial charge in [-0.05, 0) is 57.7 Å². The third kappa shape index (κ3) is 4.74. The number of aromatic nitrogens is 2. The number of ether oxygens (including phenoxy) is 2. The maximum absolute atomic E-state index is 13.0. The zero-order valence-electron chi connectivity index (χ0n) is 20.0. The predicted octanol–water partition coefficient (Wildman–Crippen LogP) is 3.74. The maximum Gasteiger partial charge on any atom is 0.231 e. The highest BCUT2D eigenvalue weighted by Gasteiger charge is 2.29. The van der Waals surface area contributed by atoms with Gasteiger partial charge in [-0.25, -0.2) is 4.98 Å². The summed E-state index contributed by atoms with van der Waals surface area (Å²) in [5, 5.41) is 4.07. The van der Waals surface area contributed by atoms with Gasteiger partial charge >= 0.3 is 0 Å². The molecule has 0 saturated carbocycles. The van der Waals surface area contributed by atoms with Crippen LogP contribution in [-0.4, -0.2) is 49.7 Å². The van der Waals surface area contributed by atoms with E-state index >= 15 is 0 Å². The van der Waals surface area contributed by atoms with Gasteiger partial charge in [0.15, 0.2) is 11.5 Å². The number of methoxy groups -OCH3 is 2. The summed E-state index contributed by atoms with van der Waals surface area (Å²) in [7, 11) is 3.24. The standard InChI is InChI=1S/C25H32N4O4/c1-15-16(2)33-25-22(15)23(27-17(3)28-25)29-12-6-7-19(14-29)24(30)26-11-10-18-8-9-20(31-4)21(13-18)32-5/h8-9,13,19H,6-7,10-12,14H2,1-5H3,(H,26,30)/t19-/m0/s1. The van der Waals surface area contributed by atoms with Gasteiger partial charge in [0.05, 0.1) is 25.5 Å². The van der Waals surface area contributed by atoms with Gasteiger partial charge in [0.1, 0.15) is 17.4 Å². The summed E-state index contributed by atoms with van der Waals surface area (Å²) in [5.41, 5.74) is 2.76. The molecule has 2 aromatic heterocycles. The van der Waals surface area contributed by atoms with Crippen LogP contribution in [0.4, 0.5) is 5.82 Å². The Morgan fingerprint density at radius 2 is 1.97 bits per heavy atom. The lowest BCUT2D eigenvalue weighted by Crippen LogP contribution is -2.44. The Hall–Kier alpha value is -3.29. The molecular weight excluding hydrogens is 420 g/mol. The number of aryl methyl sites for hydroxylation is 3. The predicted molar refractivity (Wildman–Crippen MR) is 127 cm³/mol. The van der Waals surface area contributed by atoms with Gasteiger partial charge < -0.3 is 24.1 Å². The molecule has 0 unspecified atom stereocenters. The summed E-state index contributed by atoms with van der Waals surface area (Å²) >= 11 is 0. The van der Waals surface area contributed by atoms with Crippen LogP contribution in [0.25, 0.3) is 11.1 Å². The first-order chi connectivity index (χ1) is 15.9. The zero-order valence-corrected chi connectivity index (χ0v) is 20.0. The van der Waals surface area contributed by atoms with Gasteiger partial charge in [0.2, 0.25) is 11.6 Å². The molecule has 8 nitrogen and oxygen atoms in total. The minimum atomic E-state index is -0.0808. The number of fused-ring (bicyclic) bond motifs is 1. The molecule has 3 heterocycles. The molecule has 33 heavy (non-hydrogen) atoms. The number of piperidine rings is 1. The number of anilines is 1. The molecule has 1 saturated heterocycles. The fraction of sp³-hybridized carbons (Fsp3) is 0.480. The number of hydrogen-bond donors (Lipinski definition) is 1. The number of nitrogens with one attached hydrogen (secondary N) is 1. The topological polar surface area (TPSA) is 89.7 Å². The lowest BCUT2D eigenvalue weighted by molar-refractivity contribution is -0.125. The van der Waals surface area contributed by atoms with Crippen molar-refractivity contribution in [3.05, 3.63) is 40.9 Å². The number of furan rings is 1. The summed E-state index contributed by atoms with van der Waals surface area (Å²) < 4.78 is 16.5. The Morgan fingerprint density at radius 3 is 2.73 bits per heavy atom.